The van der Waals surface area contributed by atoms with Gasteiger partial charge in [0, 0.05) is 24.7 Å². The third kappa shape index (κ3) is 5.96. The lowest BCUT2D eigenvalue weighted by Gasteiger charge is -2.21. The van der Waals surface area contributed by atoms with Crippen molar-refractivity contribution in [2.75, 3.05) is 45.2 Å². The molecule has 0 atom stereocenters. The number of nitrogens with zero attached hydrogens (tertiary/aromatic N) is 2. The van der Waals surface area contributed by atoms with Gasteiger partial charge >= 0.3 is 0 Å². The van der Waals surface area contributed by atoms with Gasteiger partial charge in [-0.2, -0.15) is 0 Å². The number of ether oxygens (including phenoxy) is 1. The Balaban J connectivity index is 1.49. The number of para-hydroxylation sites is 2. The van der Waals surface area contributed by atoms with E-state index in [2.05, 4.69) is 27.2 Å². The summed E-state index contributed by atoms with van der Waals surface area (Å²) in [7, 11) is 1.61. The molecule has 1 heterocycles. The summed E-state index contributed by atoms with van der Waals surface area (Å²) in [5, 5.41) is 3.72. The average molecular weight is 388 g/mol. The molecule has 0 radical (unpaired) electrons. The van der Waals surface area contributed by atoms with Gasteiger partial charge in [0.25, 0.3) is 0 Å². The molecule has 1 fully saturated rings. The van der Waals surface area contributed by atoms with Crippen LogP contribution in [0.2, 0.25) is 5.02 Å². The fourth-order valence-electron chi connectivity index (χ4n) is 3.33. The van der Waals surface area contributed by atoms with Gasteiger partial charge in [0.1, 0.15) is 5.75 Å². The van der Waals surface area contributed by atoms with Crippen LogP contribution >= 0.6 is 11.6 Å². The molecule has 1 N–H and O–H groups in total. The lowest BCUT2D eigenvalue weighted by molar-refractivity contribution is -0.117. The highest BCUT2D eigenvalue weighted by Crippen LogP contribution is 2.23. The lowest BCUT2D eigenvalue weighted by Crippen LogP contribution is -2.36. The summed E-state index contributed by atoms with van der Waals surface area (Å²) < 4.78 is 5.29. The number of rotatable bonds is 6. The second kappa shape index (κ2) is 9.74. The van der Waals surface area contributed by atoms with Crippen LogP contribution in [-0.4, -0.2) is 55.5 Å². The molecule has 0 saturated carbocycles. The second-order valence-electron chi connectivity index (χ2n) is 6.78. The summed E-state index contributed by atoms with van der Waals surface area (Å²) in [6, 6.07) is 15.5. The first-order valence-corrected chi connectivity index (χ1v) is 9.64. The molecule has 3 rings (SSSR count). The Labute approximate surface area is 165 Å². The van der Waals surface area contributed by atoms with Gasteiger partial charge in [-0.15, -0.1) is 0 Å². The molecule has 0 aromatic heterocycles. The van der Waals surface area contributed by atoms with E-state index in [1.807, 2.05) is 36.4 Å². The molecular formula is C21H26ClN3O2. The number of halogens is 1. The Morgan fingerprint density at radius 2 is 1.74 bits per heavy atom. The minimum absolute atomic E-state index is 0.00866. The number of hydrogen-bond acceptors (Lipinski definition) is 4. The van der Waals surface area contributed by atoms with E-state index in [1.54, 1.807) is 7.11 Å². The number of hydrogen-bond donors (Lipinski definition) is 1. The maximum absolute atomic E-state index is 12.4. The summed E-state index contributed by atoms with van der Waals surface area (Å²) in [4.78, 5) is 17.1. The van der Waals surface area contributed by atoms with E-state index in [0.717, 1.165) is 44.2 Å². The van der Waals surface area contributed by atoms with Crippen molar-refractivity contribution in [3.8, 4) is 5.75 Å². The van der Waals surface area contributed by atoms with Crippen molar-refractivity contribution in [1.82, 2.24) is 9.80 Å². The maximum atomic E-state index is 12.4. The third-order valence-corrected chi connectivity index (χ3v) is 5.00. The molecule has 1 aliphatic rings. The van der Waals surface area contributed by atoms with Crippen LogP contribution in [0.3, 0.4) is 0 Å². The van der Waals surface area contributed by atoms with Crippen LogP contribution in [0, 0.1) is 0 Å². The van der Waals surface area contributed by atoms with Crippen molar-refractivity contribution in [2.45, 2.75) is 13.0 Å². The van der Waals surface area contributed by atoms with Crippen molar-refractivity contribution in [3.05, 3.63) is 59.1 Å². The van der Waals surface area contributed by atoms with Gasteiger partial charge in [-0.1, -0.05) is 35.9 Å². The number of carbonyl (C=O) groups is 1. The predicted molar refractivity (Wildman–Crippen MR) is 109 cm³/mol. The standard InChI is InChI=1S/C21H26ClN3O2/c1-27-20-6-3-2-5-19(20)23-21(26)16-25-12-4-11-24(13-14-25)15-17-7-9-18(22)10-8-17/h2-3,5-10H,4,11-16H2,1H3,(H,23,26). The quantitative estimate of drug-likeness (QED) is 0.824. The van der Waals surface area contributed by atoms with Crippen LogP contribution in [0.15, 0.2) is 48.5 Å². The van der Waals surface area contributed by atoms with Crippen molar-refractivity contribution < 1.29 is 9.53 Å². The highest BCUT2D eigenvalue weighted by molar-refractivity contribution is 6.30. The van der Waals surface area contributed by atoms with Gasteiger partial charge in [-0.05, 0) is 49.3 Å². The number of carbonyl (C=O) groups excluding carboxylic acids is 1. The highest BCUT2D eigenvalue weighted by atomic mass is 35.5. The second-order valence-corrected chi connectivity index (χ2v) is 7.22. The highest BCUT2D eigenvalue weighted by Gasteiger charge is 2.18. The van der Waals surface area contributed by atoms with E-state index in [9.17, 15) is 4.79 Å². The average Bonchev–Trinajstić information content (AvgIpc) is 2.89. The first-order chi connectivity index (χ1) is 13.1. The molecule has 0 bridgehead atoms. The minimum atomic E-state index is -0.00866. The van der Waals surface area contributed by atoms with E-state index in [4.69, 9.17) is 16.3 Å². The third-order valence-electron chi connectivity index (χ3n) is 4.75. The van der Waals surface area contributed by atoms with Crippen LogP contribution in [-0.2, 0) is 11.3 Å². The molecule has 5 nitrogen and oxygen atoms in total. The van der Waals surface area contributed by atoms with E-state index >= 15 is 0 Å². The van der Waals surface area contributed by atoms with Crippen LogP contribution < -0.4 is 10.1 Å². The lowest BCUT2D eigenvalue weighted by atomic mass is 10.2. The molecule has 1 saturated heterocycles. The number of methoxy groups -OCH3 is 1. The summed E-state index contributed by atoms with van der Waals surface area (Å²) >= 11 is 5.96. The zero-order valence-electron chi connectivity index (χ0n) is 15.7. The predicted octanol–water partition coefficient (Wildman–Crippen LogP) is 3.50. The van der Waals surface area contributed by atoms with Gasteiger partial charge in [0.05, 0.1) is 19.3 Å². The Kier molecular flexibility index (Phi) is 7.10. The van der Waals surface area contributed by atoms with Crippen LogP contribution in [0.25, 0.3) is 0 Å². The molecule has 0 aliphatic carbocycles. The minimum Gasteiger partial charge on any atom is -0.495 e. The van der Waals surface area contributed by atoms with Crippen LogP contribution in [0.4, 0.5) is 5.69 Å². The molecule has 1 amide bonds. The summed E-state index contributed by atoms with van der Waals surface area (Å²) in [5.41, 5.74) is 1.98. The van der Waals surface area contributed by atoms with Crippen LogP contribution in [0.1, 0.15) is 12.0 Å². The van der Waals surface area contributed by atoms with Gasteiger partial charge < -0.3 is 10.1 Å². The zero-order valence-corrected chi connectivity index (χ0v) is 16.4. The number of nitrogens with one attached hydrogen (secondary N) is 1. The molecule has 0 unspecified atom stereocenters. The normalized spacial score (nSPS) is 15.9. The molecule has 2 aromatic carbocycles. The monoisotopic (exact) mass is 387 g/mol. The Morgan fingerprint density at radius 3 is 2.52 bits per heavy atom. The van der Waals surface area contributed by atoms with Gasteiger partial charge in [-0.3, -0.25) is 14.6 Å². The van der Waals surface area contributed by atoms with Crippen molar-refractivity contribution in [3.63, 3.8) is 0 Å². The maximum Gasteiger partial charge on any atom is 0.238 e. The molecule has 2 aromatic rings. The Bertz CT molecular complexity index is 751. The molecule has 6 heteroatoms. The summed E-state index contributed by atoms with van der Waals surface area (Å²) in [6.07, 6.45) is 1.05. The molecule has 144 valence electrons. The molecule has 1 aliphatic heterocycles. The Morgan fingerprint density at radius 1 is 1.04 bits per heavy atom. The zero-order chi connectivity index (χ0) is 19.1. The van der Waals surface area contributed by atoms with Gasteiger partial charge in [-0.25, -0.2) is 0 Å². The van der Waals surface area contributed by atoms with Gasteiger partial charge in [0.15, 0.2) is 0 Å². The van der Waals surface area contributed by atoms with Crippen molar-refractivity contribution in [1.29, 1.82) is 0 Å². The van der Waals surface area contributed by atoms with Crippen molar-refractivity contribution >= 4 is 23.2 Å². The summed E-state index contributed by atoms with van der Waals surface area (Å²) in [5.74, 6) is 0.668. The van der Waals surface area contributed by atoms with Gasteiger partial charge in [0.2, 0.25) is 5.91 Å². The number of amides is 1. The topological polar surface area (TPSA) is 44.8 Å². The van der Waals surface area contributed by atoms with Crippen LogP contribution in [0.5, 0.6) is 5.75 Å². The largest absolute Gasteiger partial charge is 0.495 e. The molecular weight excluding hydrogens is 362 g/mol. The van der Waals surface area contributed by atoms with E-state index in [-0.39, 0.29) is 5.91 Å². The van der Waals surface area contributed by atoms with Crippen molar-refractivity contribution in [2.24, 2.45) is 0 Å². The smallest absolute Gasteiger partial charge is 0.238 e. The Hall–Kier alpha value is -2.08. The van der Waals surface area contributed by atoms with E-state index in [1.165, 1.54) is 5.56 Å². The molecule has 27 heavy (non-hydrogen) atoms. The first-order valence-electron chi connectivity index (χ1n) is 9.26. The number of benzene rings is 2. The number of anilines is 1. The molecule has 0 spiro atoms. The van der Waals surface area contributed by atoms with E-state index < -0.39 is 0 Å². The fourth-order valence-corrected chi connectivity index (χ4v) is 3.46. The summed E-state index contributed by atoms with van der Waals surface area (Å²) in [6.45, 7) is 5.10. The van der Waals surface area contributed by atoms with E-state index in [0.29, 0.717) is 18.0 Å². The first kappa shape index (κ1) is 19.7. The SMILES string of the molecule is COc1ccccc1NC(=O)CN1CCCN(Cc2ccc(Cl)cc2)CC1. The fraction of sp³-hybridized carbons (Fsp3) is 0.381.